The molecule has 4 N–H and O–H groups in total. The Hall–Kier alpha value is -2.21. The molecule has 0 saturated heterocycles. The minimum atomic E-state index is -4.17. The van der Waals surface area contributed by atoms with Gasteiger partial charge in [-0.3, -0.25) is 10.2 Å². The lowest BCUT2D eigenvalue weighted by molar-refractivity contribution is 0.0917. The van der Waals surface area contributed by atoms with Crippen LogP contribution in [0.5, 0.6) is 0 Å². The fourth-order valence-corrected chi connectivity index (χ4v) is 2.98. The van der Waals surface area contributed by atoms with Crippen molar-refractivity contribution in [3.8, 4) is 0 Å². The van der Waals surface area contributed by atoms with Crippen LogP contribution in [0.4, 0.5) is 0 Å². The summed E-state index contributed by atoms with van der Waals surface area (Å²) in [5, 5.41) is 4.93. The van der Waals surface area contributed by atoms with Crippen molar-refractivity contribution in [2.75, 3.05) is 0 Å². The number of hydrogen-bond acceptors (Lipinski definition) is 6. The number of furan rings is 1. The van der Waals surface area contributed by atoms with E-state index < -0.39 is 26.0 Å². The molecule has 2 rings (SSSR count). The molecule has 0 fully saturated rings. The first-order valence-electron chi connectivity index (χ1n) is 5.69. The predicted octanol–water partition coefficient (Wildman–Crippen LogP) is -0.450. The first-order chi connectivity index (χ1) is 10.2. The molecule has 0 radical (unpaired) electrons. The number of carbonyl (C=O) groups is 1. The smallest absolute Gasteiger partial charge is 0.301 e. The van der Waals surface area contributed by atoms with Gasteiger partial charge >= 0.3 is 5.91 Å². The van der Waals surface area contributed by atoms with Crippen molar-refractivity contribution in [3.05, 3.63) is 48.4 Å². The zero-order chi connectivity index (χ0) is 16.4. The third-order valence-corrected chi connectivity index (χ3v) is 4.64. The average Bonchev–Trinajstić information content (AvgIpc) is 2.98. The highest BCUT2D eigenvalue weighted by atomic mass is 32.2. The zero-order valence-electron chi connectivity index (χ0n) is 10.9. The van der Waals surface area contributed by atoms with E-state index in [0.717, 1.165) is 18.2 Å². The van der Waals surface area contributed by atoms with E-state index in [1.807, 2.05) is 10.3 Å². The second-order valence-electron chi connectivity index (χ2n) is 4.06. The average molecular weight is 345 g/mol. The molecule has 0 bridgehead atoms. The molecule has 0 aliphatic carbocycles. The summed E-state index contributed by atoms with van der Waals surface area (Å²) >= 11 is 0. The fraction of sp³-hybridized carbons (Fsp3) is 0. The molecule has 118 valence electrons. The van der Waals surface area contributed by atoms with Gasteiger partial charge in [-0.1, -0.05) is 6.07 Å². The van der Waals surface area contributed by atoms with E-state index in [9.17, 15) is 21.6 Å². The molecule has 1 aromatic carbocycles. The highest BCUT2D eigenvalue weighted by molar-refractivity contribution is 7.90. The Morgan fingerprint density at radius 3 is 2.32 bits per heavy atom. The van der Waals surface area contributed by atoms with E-state index in [1.165, 1.54) is 24.5 Å². The van der Waals surface area contributed by atoms with Gasteiger partial charge in [0.25, 0.3) is 10.0 Å². The Morgan fingerprint density at radius 1 is 1.05 bits per heavy atom. The highest BCUT2D eigenvalue weighted by Gasteiger charge is 2.19. The number of hydrazine groups is 1. The summed E-state index contributed by atoms with van der Waals surface area (Å²) in [6.07, 6.45) is 1.25. The lowest BCUT2D eigenvalue weighted by Crippen LogP contribution is -2.41. The van der Waals surface area contributed by atoms with Gasteiger partial charge in [0, 0.05) is 0 Å². The summed E-state index contributed by atoms with van der Waals surface area (Å²) in [6.45, 7) is 0. The van der Waals surface area contributed by atoms with Gasteiger partial charge < -0.3 is 4.42 Å². The molecular weight excluding hydrogens is 334 g/mol. The minimum Gasteiger partial charge on any atom is -0.459 e. The molecular formula is C11H11N3O6S2. The zero-order valence-corrected chi connectivity index (χ0v) is 12.5. The lowest BCUT2D eigenvalue weighted by atomic mass is 10.4. The molecule has 1 amide bonds. The Morgan fingerprint density at radius 2 is 1.73 bits per heavy atom. The second-order valence-corrected chi connectivity index (χ2v) is 7.30. The molecule has 1 aromatic heterocycles. The first-order valence-corrected chi connectivity index (χ1v) is 8.71. The first kappa shape index (κ1) is 16.2. The monoisotopic (exact) mass is 345 g/mol. The van der Waals surface area contributed by atoms with Crippen molar-refractivity contribution in [1.29, 1.82) is 0 Å². The molecule has 11 heteroatoms. The molecule has 22 heavy (non-hydrogen) atoms. The molecule has 2 aromatic rings. The number of rotatable bonds is 5. The van der Waals surface area contributed by atoms with Crippen LogP contribution in [-0.2, 0) is 20.0 Å². The third-order valence-electron chi connectivity index (χ3n) is 2.49. The van der Waals surface area contributed by atoms with Crippen molar-refractivity contribution in [2.45, 2.75) is 9.79 Å². The van der Waals surface area contributed by atoms with Crippen LogP contribution in [-0.4, -0.2) is 22.7 Å². The van der Waals surface area contributed by atoms with Crippen LogP contribution in [0.2, 0.25) is 0 Å². The number of hydrogen-bond donors (Lipinski definition) is 3. The Kier molecular flexibility index (Phi) is 4.32. The van der Waals surface area contributed by atoms with Gasteiger partial charge in [0.2, 0.25) is 10.0 Å². The van der Waals surface area contributed by atoms with Gasteiger partial charge in [0.1, 0.15) is 0 Å². The molecule has 1 heterocycles. The van der Waals surface area contributed by atoms with Crippen LogP contribution in [0.1, 0.15) is 10.6 Å². The Balaban J connectivity index is 2.19. The fourth-order valence-electron chi connectivity index (χ4n) is 1.46. The third kappa shape index (κ3) is 3.71. The van der Waals surface area contributed by atoms with E-state index in [0.29, 0.717) is 0 Å². The molecule has 9 nitrogen and oxygen atoms in total. The van der Waals surface area contributed by atoms with Crippen molar-refractivity contribution in [2.24, 2.45) is 5.14 Å². The van der Waals surface area contributed by atoms with Crippen LogP contribution >= 0.6 is 0 Å². The lowest BCUT2D eigenvalue weighted by Gasteiger charge is -2.08. The number of nitrogens with one attached hydrogen (secondary N) is 2. The van der Waals surface area contributed by atoms with Crippen LogP contribution in [0, 0.1) is 0 Å². The summed E-state index contributed by atoms with van der Waals surface area (Å²) in [5.41, 5.74) is 1.93. The van der Waals surface area contributed by atoms with Crippen molar-refractivity contribution < 1.29 is 26.0 Å². The number of primary sulfonamides is 1. The quantitative estimate of drug-likeness (QED) is 0.625. The molecule has 0 aliphatic rings. The predicted molar refractivity (Wildman–Crippen MR) is 74.3 cm³/mol. The van der Waals surface area contributed by atoms with E-state index in [4.69, 9.17) is 9.56 Å². The Bertz CT molecular complexity index is 888. The van der Waals surface area contributed by atoms with Crippen LogP contribution in [0.3, 0.4) is 0 Å². The van der Waals surface area contributed by atoms with Gasteiger partial charge in [-0.2, -0.15) is 0 Å². The number of benzene rings is 1. The molecule has 0 saturated carbocycles. The summed E-state index contributed by atoms with van der Waals surface area (Å²) in [6, 6.07) is 7.18. The van der Waals surface area contributed by atoms with Gasteiger partial charge in [-0.05, 0) is 30.3 Å². The van der Waals surface area contributed by atoms with E-state index in [1.54, 1.807) is 0 Å². The van der Waals surface area contributed by atoms with E-state index in [-0.39, 0.29) is 15.6 Å². The second kappa shape index (κ2) is 5.88. The maximum absolute atomic E-state index is 12.0. The van der Waals surface area contributed by atoms with Crippen LogP contribution in [0.25, 0.3) is 0 Å². The molecule has 0 aliphatic heterocycles. The number of sulfonamides is 2. The number of nitrogens with two attached hydrogens (primary N) is 1. The maximum atomic E-state index is 12.0. The SMILES string of the molecule is NS(=O)(=O)c1cccc(S(=O)(=O)NNC(=O)c2ccco2)c1. The van der Waals surface area contributed by atoms with Crippen LogP contribution < -0.4 is 15.4 Å². The summed E-state index contributed by atoms with van der Waals surface area (Å²) in [7, 11) is -8.22. The summed E-state index contributed by atoms with van der Waals surface area (Å²) in [5.74, 6) is -0.905. The molecule has 0 spiro atoms. The topological polar surface area (TPSA) is 149 Å². The van der Waals surface area contributed by atoms with Crippen molar-refractivity contribution in [1.82, 2.24) is 10.3 Å². The summed E-state index contributed by atoms with van der Waals surface area (Å²) in [4.78, 5) is 12.6. The normalized spacial score (nSPS) is 12.0. The van der Waals surface area contributed by atoms with Crippen molar-refractivity contribution >= 4 is 26.0 Å². The molecule has 0 unspecified atom stereocenters. The van der Waals surface area contributed by atoms with Gasteiger partial charge in [0.15, 0.2) is 5.76 Å². The standard InChI is InChI=1S/C11H11N3O6S2/c12-21(16,17)8-3-1-4-9(7-8)22(18,19)14-13-11(15)10-5-2-6-20-10/h1-7,14H,(H,13,15)(H2,12,16,17). The van der Waals surface area contributed by atoms with Gasteiger partial charge in [0.05, 0.1) is 16.1 Å². The van der Waals surface area contributed by atoms with E-state index >= 15 is 0 Å². The van der Waals surface area contributed by atoms with Crippen molar-refractivity contribution in [3.63, 3.8) is 0 Å². The van der Waals surface area contributed by atoms with Gasteiger partial charge in [-0.25, -0.2) is 22.0 Å². The van der Waals surface area contributed by atoms with Gasteiger partial charge in [-0.15, -0.1) is 4.83 Å². The number of carbonyl (C=O) groups excluding carboxylic acids is 1. The van der Waals surface area contributed by atoms with E-state index in [2.05, 4.69) is 0 Å². The molecule has 0 atom stereocenters. The maximum Gasteiger partial charge on any atom is 0.301 e. The highest BCUT2D eigenvalue weighted by Crippen LogP contribution is 2.14. The largest absolute Gasteiger partial charge is 0.459 e. The summed E-state index contributed by atoms with van der Waals surface area (Å²) < 4.78 is 51.2. The Labute approximate surface area is 126 Å². The minimum absolute atomic E-state index is 0.0963. The van der Waals surface area contributed by atoms with Crippen LogP contribution in [0.15, 0.2) is 56.9 Å². The number of amides is 1.